The van der Waals surface area contributed by atoms with Gasteiger partial charge in [0.15, 0.2) is 11.5 Å². The summed E-state index contributed by atoms with van der Waals surface area (Å²) in [5.41, 5.74) is 1.62. The molecule has 4 fully saturated rings. The van der Waals surface area contributed by atoms with Crippen molar-refractivity contribution in [2.45, 2.75) is 88.1 Å². The van der Waals surface area contributed by atoms with Gasteiger partial charge in [0.25, 0.3) is 0 Å². The highest BCUT2D eigenvalue weighted by Crippen LogP contribution is 2.77. The summed E-state index contributed by atoms with van der Waals surface area (Å²) >= 11 is 0. The lowest BCUT2D eigenvalue weighted by atomic mass is 9.34. The van der Waals surface area contributed by atoms with Crippen LogP contribution in [0.2, 0.25) is 0 Å². The van der Waals surface area contributed by atoms with E-state index in [1.54, 1.807) is 7.11 Å². The maximum absolute atomic E-state index is 11.4. The quantitative estimate of drug-likeness (QED) is 0.777. The number of piperidine rings is 1. The van der Waals surface area contributed by atoms with Crippen molar-refractivity contribution in [3.63, 3.8) is 0 Å². The number of benzene rings is 1. The van der Waals surface area contributed by atoms with Crippen molar-refractivity contribution in [1.29, 1.82) is 0 Å². The fraction of sp³-hybridized carbons (Fsp3) is 0.769. The molecule has 1 aromatic rings. The van der Waals surface area contributed by atoms with Gasteiger partial charge in [0.2, 0.25) is 0 Å². The first-order chi connectivity index (χ1) is 14.8. The van der Waals surface area contributed by atoms with Gasteiger partial charge in [0.1, 0.15) is 11.7 Å². The second-order valence-corrected chi connectivity index (χ2v) is 11.3. The Hall–Kier alpha value is -1.30. The predicted octanol–water partition coefficient (Wildman–Crippen LogP) is 3.69. The summed E-state index contributed by atoms with van der Waals surface area (Å²) in [7, 11) is 3.58. The molecule has 0 unspecified atom stereocenters. The Bertz CT molecular complexity index is 925. The minimum absolute atomic E-state index is 0.0443. The van der Waals surface area contributed by atoms with Crippen LogP contribution in [0.5, 0.6) is 11.5 Å². The fourth-order valence-electron chi connectivity index (χ4n) is 9.09. The molecule has 4 bridgehead atoms. The zero-order valence-electron chi connectivity index (χ0n) is 19.7. The lowest BCUT2D eigenvalue weighted by Gasteiger charge is -2.74. The molecule has 4 aliphatic carbocycles. The molecule has 6 aliphatic rings. The summed E-state index contributed by atoms with van der Waals surface area (Å²) in [4.78, 5) is 2.76. The average molecular weight is 428 g/mol. The van der Waals surface area contributed by atoms with E-state index >= 15 is 0 Å². The van der Waals surface area contributed by atoms with E-state index < -0.39 is 11.2 Å². The van der Waals surface area contributed by atoms with Crippen molar-refractivity contribution in [1.82, 2.24) is 4.90 Å². The molecular weight excluding hydrogens is 390 g/mol. The number of nitrogens with zero attached hydrogens (tertiary/aromatic N) is 1. The lowest BCUT2D eigenvalue weighted by molar-refractivity contribution is -0.300. The van der Waals surface area contributed by atoms with E-state index in [2.05, 4.69) is 24.0 Å². The number of fused-ring (bicyclic) bond motifs is 2. The molecule has 2 spiro atoms. The maximum Gasteiger partial charge on any atom is 0.165 e. The number of ether oxygens (including phenoxy) is 3. The molecule has 1 aromatic carbocycles. The summed E-state index contributed by atoms with van der Waals surface area (Å²) < 4.78 is 19.2. The Morgan fingerprint density at radius 2 is 2.03 bits per heavy atom. The summed E-state index contributed by atoms with van der Waals surface area (Å²) in [6.45, 7) is 8.50. The lowest BCUT2D eigenvalue weighted by Crippen LogP contribution is -2.82. The minimum Gasteiger partial charge on any atom is -0.493 e. The number of rotatable bonds is 5. The molecule has 0 radical (unpaired) electrons. The smallest absolute Gasteiger partial charge is 0.165 e. The van der Waals surface area contributed by atoms with Crippen molar-refractivity contribution in [2.24, 2.45) is 11.3 Å². The second kappa shape index (κ2) is 6.18. The molecule has 5 nitrogen and oxygen atoms in total. The number of aliphatic hydroxyl groups is 1. The van der Waals surface area contributed by atoms with Crippen molar-refractivity contribution in [3.8, 4) is 11.5 Å². The molecular formula is C26H37NO4. The van der Waals surface area contributed by atoms with Gasteiger partial charge in [-0.15, -0.1) is 0 Å². The van der Waals surface area contributed by atoms with Crippen LogP contribution >= 0.6 is 0 Å². The third-order valence-electron chi connectivity index (χ3n) is 10.0. The molecule has 170 valence electrons. The van der Waals surface area contributed by atoms with E-state index in [1.807, 2.05) is 21.0 Å². The summed E-state index contributed by atoms with van der Waals surface area (Å²) in [6.07, 6.45) is 6.39. The molecule has 5 heteroatoms. The van der Waals surface area contributed by atoms with Crippen LogP contribution < -0.4 is 9.47 Å². The number of hydrogen-bond acceptors (Lipinski definition) is 5. The van der Waals surface area contributed by atoms with Crippen LogP contribution in [0.1, 0.15) is 64.0 Å². The molecule has 0 aromatic heterocycles. The molecule has 0 amide bonds. The SMILES string of the molecule is CCCN1CC[C@]23c4c5ccc(OC)c4O[C@H]2[C@@]2(OC)CC[C@@]3(C[C@H]2C(C)(C)O)[C@H]1C5. The molecule has 2 heterocycles. The van der Waals surface area contributed by atoms with Gasteiger partial charge < -0.3 is 19.3 Å². The topological polar surface area (TPSA) is 51.2 Å². The van der Waals surface area contributed by atoms with Crippen LogP contribution in [0.3, 0.4) is 0 Å². The van der Waals surface area contributed by atoms with E-state index in [0.717, 1.165) is 56.7 Å². The third kappa shape index (κ3) is 2.10. The molecule has 1 N–H and O–H groups in total. The zero-order chi connectivity index (χ0) is 21.8. The highest BCUT2D eigenvalue weighted by Gasteiger charge is 2.81. The number of methoxy groups -OCH3 is 2. The molecule has 7 rings (SSSR count). The Labute approximate surface area is 186 Å². The normalized spacial score (nSPS) is 42.3. The second-order valence-electron chi connectivity index (χ2n) is 11.3. The van der Waals surface area contributed by atoms with Gasteiger partial charge in [-0.05, 0) is 77.1 Å². The van der Waals surface area contributed by atoms with Gasteiger partial charge in [-0.2, -0.15) is 0 Å². The molecule has 3 saturated carbocycles. The standard InChI is InChI=1S/C26H37NO4/c1-6-12-27-13-11-25-20-16-7-8-17(29-4)21(20)31-22(25)26(30-5)10-9-24(25,19(27)14-16)15-18(26)23(2,3)28/h7-8,18-19,22,28H,6,9-15H2,1-5H3/t18-,19+,22+,24+,25-,26+/m0/s1. The van der Waals surface area contributed by atoms with Crippen molar-refractivity contribution < 1.29 is 19.3 Å². The third-order valence-corrected chi connectivity index (χ3v) is 10.0. The van der Waals surface area contributed by atoms with E-state index in [9.17, 15) is 5.11 Å². The van der Waals surface area contributed by atoms with E-state index in [4.69, 9.17) is 14.2 Å². The molecule has 31 heavy (non-hydrogen) atoms. The first-order valence-corrected chi connectivity index (χ1v) is 12.2. The first-order valence-electron chi connectivity index (χ1n) is 12.2. The Kier molecular flexibility index (Phi) is 4.05. The van der Waals surface area contributed by atoms with E-state index in [1.165, 1.54) is 17.5 Å². The summed E-state index contributed by atoms with van der Waals surface area (Å²) in [5.74, 6) is 1.84. The Balaban J connectivity index is 1.65. The van der Waals surface area contributed by atoms with E-state index in [0.29, 0.717) is 6.04 Å². The highest BCUT2D eigenvalue weighted by molar-refractivity contribution is 5.63. The van der Waals surface area contributed by atoms with Crippen LogP contribution in [-0.4, -0.2) is 60.7 Å². The van der Waals surface area contributed by atoms with Crippen LogP contribution in [-0.2, 0) is 16.6 Å². The van der Waals surface area contributed by atoms with Crippen LogP contribution in [0.4, 0.5) is 0 Å². The number of hydrogen-bond donors (Lipinski definition) is 1. The van der Waals surface area contributed by atoms with Crippen molar-refractivity contribution in [2.75, 3.05) is 27.3 Å². The van der Waals surface area contributed by atoms with Crippen molar-refractivity contribution in [3.05, 3.63) is 23.3 Å². The van der Waals surface area contributed by atoms with Gasteiger partial charge in [0.05, 0.1) is 12.7 Å². The first kappa shape index (κ1) is 20.3. The van der Waals surface area contributed by atoms with Gasteiger partial charge >= 0.3 is 0 Å². The van der Waals surface area contributed by atoms with Gasteiger partial charge in [-0.3, -0.25) is 4.90 Å². The van der Waals surface area contributed by atoms with Gasteiger partial charge in [-0.1, -0.05) is 13.0 Å². The summed E-state index contributed by atoms with van der Waals surface area (Å²) in [5, 5.41) is 11.4. The van der Waals surface area contributed by atoms with Crippen LogP contribution in [0.25, 0.3) is 0 Å². The van der Waals surface area contributed by atoms with Gasteiger partial charge in [-0.25, -0.2) is 0 Å². The zero-order valence-corrected chi connectivity index (χ0v) is 19.7. The fourth-order valence-corrected chi connectivity index (χ4v) is 9.09. The van der Waals surface area contributed by atoms with Gasteiger partial charge in [0, 0.05) is 35.5 Å². The number of likely N-dealkylation sites (tertiary alicyclic amines) is 1. The summed E-state index contributed by atoms with van der Waals surface area (Å²) in [6, 6.07) is 4.88. The highest BCUT2D eigenvalue weighted by atomic mass is 16.6. The predicted molar refractivity (Wildman–Crippen MR) is 119 cm³/mol. The average Bonchev–Trinajstić information content (AvgIpc) is 3.11. The van der Waals surface area contributed by atoms with Crippen LogP contribution in [0, 0.1) is 11.3 Å². The minimum atomic E-state index is -0.822. The molecule has 6 atom stereocenters. The van der Waals surface area contributed by atoms with E-state index in [-0.39, 0.29) is 22.9 Å². The monoisotopic (exact) mass is 427 g/mol. The molecule has 2 aliphatic heterocycles. The molecule has 1 saturated heterocycles. The maximum atomic E-state index is 11.4. The Morgan fingerprint density at radius 1 is 1.23 bits per heavy atom. The van der Waals surface area contributed by atoms with Crippen LogP contribution in [0.15, 0.2) is 12.1 Å². The Morgan fingerprint density at radius 3 is 2.71 bits per heavy atom. The largest absolute Gasteiger partial charge is 0.493 e. The van der Waals surface area contributed by atoms with Crippen molar-refractivity contribution >= 4 is 0 Å².